The molecule has 8 nitrogen and oxygen atoms in total. The van der Waals surface area contributed by atoms with Gasteiger partial charge in [0.25, 0.3) is 5.69 Å². The maximum absolute atomic E-state index is 13.2. The number of nitro groups is 1. The van der Waals surface area contributed by atoms with E-state index in [1.165, 1.54) is 37.3 Å². The van der Waals surface area contributed by atoms with Gasteiger partial charge in [0.1, 0.15) is 11.9 Å². The number of rotatable bonds is 6. The molecule has 0 saturated heterocycles. The summed E-state index contributed by atoms with van der Waals surface area (Å²) in [7, 11) is -3.95. The van der Waals surface area contributed by atoms with Crippen LogP contribution in [0.5, 0.6) is 0 Å². The van der Waals surface area contributed by atoms with Crippen LogP contribution in [-0.2, 0) is 14.8 Å². The predicted molar refractivity (Wildman–Crippen MR) is 99.9 cm³/mol. The normalized spacial score (nSPS) is 12.3. The third-order valence-electron chi connectivity index (χ3n) is 3.57. The average Bonchev–Trinajstić information content (AvgIpc) is 2.57. The topological polar surface area (TPSA) is 110 Å². The van der Waals surface area contributed by atoms with Crippen LogP contribution in [0, 0.1) is 15.9 Å². The van der Waals surface area contributed by atoms with E-state index < -0.39 is 32.7 Å². The number of halogens is 2. The van der Waals surface area contributed by atoms with Crippen LogP contribution in [0.15, 0.2) is 42.5 Å². The maximum atomic E-state index is 13.2. The summed E-state index contributed by atoms with van der Waals surface area (Å²) in [5.41, 5.74) is -0.184. The number of hydrogen-bond acceptors (Lipinski definition) is 5. The molecule has 27 heavy (non-hydrogen) atoms. The van der Waals surface area contributed by atoms with Crippen molar-refractivity contribution in [3.8, 4) is 0 Å². The summed E-state index contributed by atoms with van der Waals surface area (Å²) in [5, 5.41) is 13.2. The van der Waals surface area contributed by atoms with Gasteiger partial charge in [0.2, 0.25) is 15.9 Å². The Balaban J connectivity index is 2.36. The monoisotopic (exact) mass is 415 g/mol. The first kappa shape index (κ1) is 20.6. The van der Waals surface area contributed by atoms with Crippen molar-refractivity contribution in [2.75, 3.05) is 15.9 Å². The van der Waals surface area contributed by atoms with Gasteiger partial charge in [0.15, 0.2) is 0 Å². The van der Waals surface area contributed by atoms with Crippen LogP contribution in [0.3, 0.4) is 0 Å². The van der Waals surface area contributed by atoms with E-state index in [0.29, 0.717) is 0 Å². The van der Waals surface area contributed by atoms with Gasteiger partial charge in [-0.3, -0.25) is 19.2 Å². The third kappa shape index (κ3) is 4.92. The molecule has 0 saturated carbocycles. The lowest BCUT2D eigenvalue weighted by atomic mass is 10.2. The maximum Gasteiger partial charge on any atom is 0.271 e. The molecular weight excluding hydrogens is 401 g/mol. The van der Waals surface area contributed by atoms with Crippen LogP contribution in [0.2, 0.25) is 5.02 Å². The first-order valence-corrected chi connectivity index (χ1v) is 9.73. The van der Waals surface area contributed by atoms with Gasteiger partial charge in [-0.2, -0.15) is 0 Å². The minimum atomic E-state index is -3.95. The standard InChI is InChI=1S/C16H15ClFN3O5S/c1-10(16(22)19-11-6-7-15(18)14(17)8-11)20(27(2,25)26)12-4-3-5-13(9-12)21(23)24/h3-10H,1-2H3,(H,19,22)/t10-/m1/s1. The largest absolute Gasteiger partial charge is 0.324 e. The number of carbonyl (C=O) groups excluding carboxylic acids is 1. The number of nitrogens with one attached hydrogen (secondary N) is 1. The molecule has 1 N–H and O–H groups in total. The molecule has 0 aliphatic carbocycles. The van der Waals surface area contributed by atoms with Gasteiger partial charge in [-0.05, 0) is 31.2 Å². The van der Waals surface area contributed by atoms with Crippen LogP contribution >= 0.6 is 11.6 Å². The van der Waals surface area contributed by atoms with Crippen molar-refractivity contribution in [3.05, 3.63) is 63.4 Å². The molecule has 144 valence electrons. The number of benzene rings is 2. The summed E-state index contributed by atoms with van der Waals surface area (Å²) < 4.78 is 38.4. The van der Waals surface area contributed by atoms with Gasteiger partial charge < -0.3 is 5.32 Å². The van der Waals surface area contributed by atoms with Crippen LogP contribution in [0.1, 0.15) is 6.92 Å². The van der Waals surface area contributed by atoms with Crippen molar-refractivity contribution in [2.24, 2.45) is 0 Å². The molecule has 0 heterocycles. The van der Waals surface area contributed by atoms with E-state index in [0.717, 1.165) is 22.7 Å². The molecule has 0 aliphatic rings. The van der Waals surface area contributed by atoms with E-state index in [-0.39, 0.29) is 22.1 Å². The summed E-state index contributed by atoms with van der Waals surface area (Å²) in [6.45, 7) is 1.32. The molecule has 0 fully saturated rings. The molecule has 0 unspecified atom stereocenters. The molecule has 0 bridgehead atoms. The van der Waals surface area contributed by atoms with E-state index in [4.69, 9.17) is 11.6 Å². The lowest BCUT2D eigenvalue weighted by Crippen LogP contribution is -2.45. The van der Waals surface area contributed by atoms with E-state index >= 15 is 0 Å². The second-order valence-electron chi connectivity index (χ2n) is 5.63. The Labute approximate surface area is 159 Å². The van der Waals surface area contributed by atoms with Gasteiger partial charge >= 0.3 is 0 Å². The summed E-state index contributed by atoms with van der Waals surface area (Å²) in [6, 6.07) is 7.17. The number of nitrogens with zero attached hydrogens (tertiary/aromatic N) is 2. The number of anilines is 2. The zero-order chi connectivity index (χ0) is 20.4. The van der Waals surface area contributed by atoms with Crippen LogP contribution in [-0.4, -0.2) is 31.5 Å². The smallest absolute Gasteiger partial charge is 0.271 e. The van der Waals surface area contributed by atoms with Gasteiger partial charge in [-0.15, -0.1) is 0 Å². The molecule has 11 heteroatoms. The zero-order valence-electron chi connectivity index (χ0n) is 14.2. The Morgan fingerprint density at radius 1 is 1.30 bits per heavy atom. The fourth-order valence-electron chi connectivity index (χ4n) is 2.37. The molecule has 0 aromatic heterocycles. The molecule has 0 spiro atoms. The molecule has 2 aromatic carbocycles. The van der Waals surface area contributed by atoms with Crippen molar-refractivity contribution < 1.29 is 22.5 Å². The predicted octanol–water partition coefficient (Wildman–Crippen LogP) is 3.18. The molecule has 1 amide bonds. The van der Waals surface area contributed by atoms with Crippen LogP contribution in [0.25, 0.3) is 0 Å². The molecule has 1 atom stereocenters. The second-order valence-corrected chi connectivity index (χ2v) is 7.90. The lowest BCUT2D eigenvalue weighted by Gasteiger charge is -2.28. The number of hydrogen-bond donors (Lipinski definition) is 1. The number of amides is 1. The zero-order valence-corrected chi connectivity index (χ0v) is 15.8. The van der Waals surface area contributed by atoms with Crippen LogP contribution < -0.4 is 9.62 Å². The highest BCUT2D eigenvalue weighted by Gasteiger charge is 2.30. The van der Waals surface area contributed by atoms with E-state index in [1.54, 1.807) is 0 Å². The number of non-ortho nitro benzene ring substituents is 1. The Kier molecular flexibility index (Phi) is 6.01. The van der Waals surface area contributed by atoms with Crippen molar-refractivity contribution in [2.45, 2.75) is 13.0 Å². The molecule has 2 rings (SSSR count). The van der Waals surface area contributed by atoms with E-state index in [1.807, 2.05) is 0 Å². The molecule has 0 aliphatic heterocycles. The number of sulfonamides is 1. The summed E-state index contributed by atoms with van der Waals surface area (Å²) in [5.74, 6) is -1.40. The van der Waals surface area contributed by atoms with Crippen molar-refractivity contribution in [3.63, 3.8) is 0 Å². The van der Waals surface area contributed by atoms with E-state index in [9.17, 15) is 27.7 Å². The number of nitro benzene ring substituents is 1. The van der Waals surface area contributed by atoms with Crippen molar-refractivity contribution in [1.82, 2.24) is 0 Å². The first-order valence-electron chi connectivity index (χ1n) is 7.50. The van der Waals surface area contributed by atoms with Crippen molar-refractivity contribution >= 4 is 44.6 Å². The van der Waals surface area contributed by atoms with E-state index in [2.05, 4.69) is 5.32 Å². The third-order valence-corrected chi connectivity index (χ3v) is 5.10. The Hall–Kier alpha value is -2.72. The van der Waals surface area contributed by atoms with Gasteiger partial charge in [-0.1, -0.05) is 17.7 Å². The van der Waals surface area contributed by atoms with Gasteiger partial charge in [-0.25, -0.2) is 12.8 Å². The van der Waals surface area contributed by atoms with Crippen molar-refractivity contribution in [1.29, 1.82) is 0 Å². The second kappa shape index (κ2) is 7.89. The average molecular weight is 416 g/mol. The quantitative estimate of drug-likeness (QED) is 0.575. The van der Waals surface area contributed by atoms with Gasteiger partial charge in [0, 0.05) is 17.8 Å². The Bertz CT molecular complexity index is 999. The van der Waals surface area contributed by atoms with Gasteiger partial charge in [0.05, 0.1) is 21.9 Å². The fourth-order valence-corrected chi connectivity index (χ4v) is 3.72. The highest BCUT2D eigenvalue weighted by Crippen LogP contribution is 2.26. The molecule has 0 radical (unpaired) electrons. The molecule has 2 aromatic rings. The minimum Gasteiger partial charge on any atom is -0.324 e. The highest BCUT2D eigenvalue weighted by atomic mass is 35.5. The molecular formula is C16H15ClFN3O5S. The Morgan fingerprint density at radius 2 is 1.96 bits per heavy atom. The highest BCUT2D eigenvalue weighted by molar-refractivity contribution is 7.92. The Morgan fingerprint density at radius 3 is 2.52 bits per heavy atom. The first-order chi connectivity index (χ1) is 12.5. The lowest BCUT2D eigenvalue weighted by molar-refractivity contribution is -0.384. The minimum absolute atomic E-state index is 0.0357. The fraction of sp³-hybridized carbons (Fsp3) is 0.188. The summed E-state index contributed by atoms with van der Waals surface area (Å²) in [4.78, 5) is 22.8. The van der Waals surface area contributed by atoms with Crippen LogP contribution in [0.4, 0.5) is 21.5 Å². The summed E-state index contributed by atoms with van der Waals surface area (Å²) in [6.07, 6.45) is 0.879. The SMILES string of the molecule is C[C@H](C(=O)Nc1ccc(F)c(Cl)c1)N(c1cccc([N+](=O)[O-])c1)S(C)(=O)=O. The number of carbonyl (C=O) groups is 1. The summed E-state index contributed by atoms with van der Waals surface area (Å²) >= 11 is 5.66.